The topological polar surface area (TPSA) is 168 Å². The third-order valence-electron chi connectivity index (χ3n) is 4.94. The Morgan fingerprint density at radius 3 is 2.09 bits per heavy atom. The van der Waals surface area contributed by atoms with E-state index in [-0.39, 0.29) is 6.42 Å². The molecule has 0 bridgehead atoms. The predicted molar refractivity (Wildman–Crippen MR) is 131 cm³/mol. The Bertz CT molecular complexity index is 955. The summed E-state index contributed by atoms with van der Waals surface area (Å²) in [5.41, 5.74) is 0.692. The van der Waals surface area contributed by atoms with E-state index in [0.29, 0.717) is 5.56 Å². The van der Waals surface area contributed by atoms with Crippen LogP contribution in [-0.2, 0) is 34.8 Å². The number of nitrogens with one attached hydrogen (secondary N) is 2. The Kier molecular flexibility index (Phi) is 11.9. The second-order valence-electron chi connectivity index (χ2n) is 8.42. The van der Waals surface area contributed by atoms with Crippen molar-refractivity contribution in [2.45, 2.75) is 59.2 Å². The molecule has 2 unspecified atom stereocenters. The van der Waals surface area contributed by atoms with E-state index in [4.69, 9.17) is 14.6 Å². The number of esters is 1. The molecule has 0 spiro atoms. The average molecular weight is 579 g/mol. The van der Waals surface area contributed by atoms with E-state index in [1.807, 2.05) is 0 Å². The SMILES string of the molecule is CC(OC(=O)N[C@@H](C)P(=O)(O)C[C@@H](Cc1ccc(Br)cc1)C(=O)N[C@@H](C)C(=O)O)OC(=O)C(C)C. The summed E-state index contributed by atoms with van der Waals surface area (Å²) in [4.78, 5) is 58.3. The smallest absolute Gasteiger partial charge is 0.410 e. The van der Waals surface area contributed by atoms with Crippen LogP contribution >= 0.6 is 23.3 Å². The van der Waals surface area contributed by atoms with E-state index in [1.165, 1.54) is 20.8 Å². The molecule has 0 aliphatic heterocycles. The summed E-state index contributed by atoms with van der Waals surface area (Å²) >= 11 is 3.31. The molecule has 0 aromatic heterocycles. The number of carbonyl (C=O) groups excluding carboxylic acids is 3. The monoisotopic (exact) mass is 578 g/mol. The minimum absolute atomic E-state index is 0.0648. The van der Waals surface area contributed by atoms with Gasteiger partial charge < -0.3 is 30.1 Å². The van der Waals surface area contributed by atoms with Crippen molar-refractivity contribution < 1.29 is 43.2 Å². The molecule has 11 nitrogen and oxygen atoms in total. The van der Waals surface area contributed by atoms with Gasteiger partial charge in [0.1, 0.15) is 11.8 Å². The van der Waals surface area contributed by atoms with Crippen LogP contribution in [0.5, 0.6) is 0 Å². The number of benzene rings is 1. The summed E-state index contributed by atoms with van der Waals surface area (Å²) in [6, 6.07) is 5.75. The summed E-state index contributed by atoms with van der Waals surface area (Å²) in [7, 11) is -4.18. The van der Waals surface area contributed by atoms with Crippen molar-refractivity contribution in [3.05, 3.63) is 34.3 Å². The molecule has 13 heteroatoms. The van der Waals surface area contributed by atoms with Crippen molar-refractivity contribution in [2.75, 3.05) is 6.16 Å². The van der Waals surface area contributed by atoms with Gasteiger partial charge >= 0.3 is 18.0 Å². The van der Waals surface area contributed by atoms with Crippen LogP contribution < -0.4 is 10.6 Å². The molecular formula is C22H32BrN2O9P. The zero-order valence-electron chi connectivity index (χ0n) is 20.2. The molecule has 5 atom stereocenters. The number of carboxylic acid groups (broad SMARTS) is 1. The van der Waals surface area contributed by atoms with E-state index in [0.717, 1.165) is 4.47 Å². The van der Waals surface area contributed by atoms with Gasteiger partial charge in [-0.15, -0.1) is 0 Å². The van der Waals surface area contributed by atoms with E-state index in [2.05, 4.69) is 26.6 Å². The Balaban J connectivity index is 2.92. The summed E-state index contributed by atoms with van der Waals surface area (Å²) < 4.78 is 23.7. The summed E-state index contributed by atoms with van der Waals surface area (Å²) in [5, 5.41) is 13.6. The number of ether oxygens (including phenoxy) is 2. The van der Waals surface area contributed by atoms with Crippen molar-refractivity contribution in [3.8, 4) is 0 Å². The number of rotatable bonds is 12. The lowest BCUT2D eigenvalue weighted by Crippen LogP contribution is -2.44. The molecule has 1 rings (SSSR count). The molecule has 0 aliphatic carbocycles. The number of aliphatic carboxylic acids is 1. The Labute approximate surface area is 212 Å². The number of hydrogen-bond acceptors (Lipinski definition) is 7. The van der Waals surface area contributed by atoms with Crippen molar-refractivity contribution in [1.29, 1.82) is 0 Å². The van der Waals surface area contributed by atoms with Crippen molar-refractivity contribution in [2.24, 2.45) is 11.8 Å². The van der Waals surface area contributed by atoms with Crippen molar-refractivity contribution in [3.63, 3.8) is 0 Å². The second kappa shape index (κ2) is 13.6. The highest BCUT2D eigenvalue weighted by Crippen LogP contribution is 2.47. The first-order valence-corrected chi connectivity index (χ1v) is 13.6. The summed E-state index contributed by atoms with van der Waals surface area (Å²) in [6.07, 6.45) is -2.76. The van der Waals surface area contributed by atoms with Crippen LogP contribution in [-0.4, -0.2) is 58.2 Å². The van der Waals surface area contributed by atoms with Crippen LogP contribution in [0.3, 0.4) is 0 Å². The largest absolute Gasteiger partial charge is 0.480 e. The van der Waals surface area contributed by atoms with Crippen LogP contribution in [0.4, 0.5) is 4.79 Å². The highest BCUT2D eigenvalue weighted by Gasteiger charge is 2.36. The van der Waals surface area contributed by atoms with Crippen LogP contribution in [0.2, 0.25) is 0 Å². The molecule has 0 radical (unpaired) electrons. The number of carboxylic acids is 1. The van der Waals surface area contributed by atoms with E-state index in [9.17, 15) is 28.6 Å². The summed E-state index contributed by atoms with van der Waals surface area (Å²) in [6.45, 7) is 7.10. The number of halogens is 1. The van der Waals surface area contributed by atoms with E-state index < -0.39 is 67.4 Å². The highest BCUT2D eigenvalue weighted by molar-refractivity contribution is 9.10. The van der Waals surface area contributed by atoms with Gasteiger partial charge in [-0.25, -0.2) is 4.79 Å². The van der Waals surface area contributed by atoms with Gasteiger partial charge in [0.2, 0.25) is 19.6 Å². The maximum absolute atomic E-state index is 13.1. The molecule has 1 aromatic rings. The minimum Gasteiger partial charge on any atom is -0.480 e. The lowest BCUT2D eigenvalue weighted by atomic mass is 10.00. The molecule has 0 saturated carbocycles. The number of carbonyl (C=O) groups is 4. The van der Waals surface area contributed by atoms with Crippen LogP contribution in [0, 0.1) is 11.8 Å². The average Bonchev–Trinajstić information content (AvgIpc) is 2.73. The van der Waals surface area contributed by atoms with E-state index >= 15 is 0 Å². The van der Waals surface area contributed by atoms with Gasteiger partial charge in [0.05, 0.1) is 11.8 Å². The fourth-order valence-corrected chi connectivity index (χ4v) is 4.61. The molecule has 0 fully saturated rings. The van der Waals surface area contributed by atoms with Gasteiger partial charge in [0.15, 0.2) is 0 Å². The normalized spacial score (nSPS) is 16.2. The number of alkyl carbamates (subject to hydrolysis) is 1. The van der Waals surface area contributed by atoms with Gasteiger partial charge in [-0.05, 0) is 38.0 Å². The summed E-state index contributed by atoms with van der Waals surface area (Å²) in [5.74, 6) is -5.33. The van der Waals surface area contributed by atoms with Crippen molar-refractivity contribution >= 4 is 47.2 Å². The third kappa shape index (κ3) is 10.8. The molecule has 0 aliphatic rings. The van der Waals surface area contributed by atoms with Gasteiger partial charge in [-0.3, -0.25) is 18.9 Å². The lowest BCUT2D eigenvalue weighted by molar-refractivity contribution is -0.168. The Morgan fingerprint density at radius 2 is 1.57 bits per heavy atom. The molecule has 0 heterocycles. The van der Waals surface area contributed by atoms with Gasteiger partial charge in [0, 0.05) is 17.6 Å². The van der Waals surface area contributed by atoms with Crippen LogP contribution in [0.25, 0.3) is 0 Å². The molecular weight excluding hydrogens is 547 g/mol. The first-order valence-electron chi connectivity index (χ1n) is 10.9. The quantitative estimate of drug-likeness (QED) is 0.165. The van der Waals surface area contributed by atoms with Crippen molar-refractivity contribution in [1.82, 2.24) is 10.6 Å². The van der Waals surface area contributed by atoms with Crippen LogP contribution in [0.15, 0.2) is 28.7 Å². The Hall–Kier alpha value is -2.43. The maximum Gasteiger partial charge on any atom is 0.410 e. The third-order valence-corrected chi connectivity index (χ3v) is 7.77. The number of amides is 2. The first kappa shape index (κ1) is 30.6. The molecule has 35 heavy (non-hydrogen) atoms. The Morgan fingerprint density at radius 1 is 1.00 bits per heavy atom. The van der Waals surface area contributed by atoms with Gasteiger partial charge in [-0.2, -0.15) is 0 Å². The zero-order valence-corrected chi connectivity index (χ0v) is 22.7. The second-order valence-corrected chi connectivity index (χ2v) is 12.0. The predicted octanol–water partition coefficient (Wildman–Crippen LogP) is 3.08. The molecule has 0 saturated heterocycles. The van der Waals surface area contributed by atoms with Crippen LogP contribution in [0.1, 0.15) is 40.2 Å². The molecule has 4 N–H and O–H groups in total. The minimum atomic E-state index is -4.18. The van der Waals surface area contributed by atoms with E-state index in [1.54, 1.807) is 38.1 Å². The highest BCUT2D eigenvalue weighted by atomic mass is 79.9. The lowest BCUT2D eigenvalue weighted by Gasteiger charge is -2.26. The van der Waals surface area contributed by atoms with Gasteiger partial charge in [0.25, 0.3) is 0 Å². The number of hydrogen-bond donors (Lipinski definition) is 4. The molecule has 1 aromatic carbocycles. The molecule has 196 valence electrons. The first-order chi connectivity index (χ1) is 16.1. The fraction of sp³-hybridized carbons (Fsp3) is 0.545. The molecule has 2 amide bonds. The fourth-order valence-electron chi connectivity index (χ4n) is 2.79. The maximum atomic E-state index is 13.1. The standard InChI is InChI=1S/C22H32BrN2O9P/c1-12(2)21(29)33-15(5)34-22(30)25-14(4)35(31,32)11-17(19(26)24-13(3)20(27)28)10-16-6-8-18(23)9-7-16/h6-9,12-15,17H,10-11H2,1-5H3,(H,24,26)(H,25,30)(H,27,28)(H,31,32)/t13-,14+,15?,17+/m0/s1. The van der Waals surface area contributed by atoms with Gasteiger partial charge in [-0.1, -0.05) is 41.9 Å². The zero-order chi connectivity index (χ0) is 26.9.